The van der Waals surface area contributed by atoms with E-state index in [1.54, 1.807) is 0 Å². The monoisotopic (exact) mass is 255 g/mol. The van der Waals surface area contributed by atoms with Gasteiger partial charge in [0.2, 0.25) is 0 Å². The van der Waals surface area contributed by atoms with Crippen molar-refractivity contribution >= 4 is 11.4 Å². The molecule has 0 spiro atoms. The lowest BCUT2D eigenvalue weighted by Gasteiger charge is -2.11. The maximum Gasteiger partial charge on any atom is 0.0414 e. The molecule has 0 aliphatic rings. The summed E-state index contributed by atoms with van der Waals surface area (Å²) in [5.41, 5.74) is 7.56. The van der Waals surface area contributed by atoms with Gasteiger partial charge in [0, 0.05) is 11.4 Å². The third kappa shape index (κ3) is 4.13. The van der Waals surface area contributed by atoms with Crippen LogP contribution in [0.4, 0.5) is 11.4 Å². The number of hydrogen-bond acceptors (Lipinski definition) is 1. The molecule has 2 aromatic carbocycles. The van der Waals surface area contributed by atoms with Gasteiger partial charge in [0.1, 0.15) is 0 Å². The standard InChI is InChI=1S/C16H19N.C2H6/c1-11-5-8-16(14(4)9-11)17-15-7-6-12(2)13(3)10-15;1-2/h5-10,17H,1-4H3;1-2H3. The first kappa shape index (κ1) is 15.3. The zero-order chi connectivity index (χ0) is 14.4. The fraction of sp³-hybridized carbons (Fsp3) is 0.333. The summed E-state index contributed by atoms with van der Waals surface area (Å²) in [5, 5.41) is 3.47. The van der Waals surface area contributed by atoms with Gasteiger partial charge in [-0.15, -0.1) is 0 Å². The second kappa shape index (κ2) is 6.98. The molecule has 0 radical (unpaired) electrons. The predicted octanol–water partition coefficient (Wildman–Crippen LogP) is 5.69. The van der Waals surface area contributed by atoms with Crippen molar-refractivity contribution in [3.63, 3.8) is 0 Å². The number of anilines is 2. The average molecular weight is 255 g/mol. The van der Waals surface area contributed by atoms with Crippen LogP contribution in [0.3, 0.4) is 0 Å². The smallest absolute Gasteiger partial charge is 0.0414 e. The maximum absolute atomic E-state index is 3.47. The van der Waals surface area contributed by atoms with Crippen molar-refractivity contribution < 1.29 is 0 Å². The Morgan fingerprint density at radius 3 is 1.95 bits per heavy atom. The zero-order valence-electron chi connectivity index (χ0n) is 13.0. The third-order valence-electron chi connectivity index (χ3n) is 3.17. The van der Waals surface area contributed by atoms with Crippen LogP contribution in [0.1, 0.15) is 36.1 Å². The molecule has 0 unspecified atom stereocenters. The van der Waals surface area contributed by atoms with Gasteiger partial charge in [-0.25, -0.2) is 0 Å². The quantitative estimate of drug-likeness (QED) is 0.727. The highest BCUT2D eigenvalue weighted by Gasteiger charge is 2.00. The molecule has 0 atom stereocenters. The van der Waals surface area contributed by atoms with Crippen molar-refractivity contribution in [1.29, 1.82) is 0 Å². The van der Waals surface area contributed by atoms with Gasteiger partial charge in [-0.05, 0) is 62.6 Å². The van der Waals surface area contributed by atoms with E-state index >= 15 is 0 Å². The third-order valence-corrected chi connectivity index (χ3v) is 3.17. The van der Waals surface area contributed by atoms with Crippen LogP contribution in [0.15, 0.2) is 36.4 Å². The Kier molecular flexibility index (Phi) is 5.62. The second-order valence-electron chi connectivity index (χ2n) is 4.74. The Hall–Kier alpha value is -1.76. The molecule has 0 aromatic heterocycles. The number of hydrogen-bond donors (Lipinski definition) is 1. The van der Waals surface area contributed by atoms with E-state index < -0.39 is 0 Å². The minimum Gasteiger partial charge on any atom is -0.355 e. The normalized spacial score (nSPS) is 9.58. The van der Waals surface area contributed by atoms with Gasteiger partial charge in [-0.2, -0.15) is 0 Å². The topological polar surface area (TPSA) is 12.0 Å². The van der Waals surface area contributed by atoms with E-state index in [0.29, 0.717) is 0 Å². The van der Waals surface area contributed by atoms with Crippen LogP contribution < -0.4 is 5.32 Å². The summed E-state index contributed by atoms with van der Waals surface area (Å²) < 4.78 is 0. The Morgan fingerprint density at radius 2 is 1.37 bits per heavy atom. The van der Waals surface area contributed by atoms with Crippen LogP contribution in [0.2, 0.25) is 0 Å². The Morgan fingerprint density at radius 1 is 0.684 bits per heavy atom. The molecule has 19 heavy (non-hydrogen) atoms. The van der Waals surface area contributed by atoms with Gasteiger partial charge < -0.3 is 5.32 Å². The van der Waals surface area contributed by atoms with Crippen molar-refractivity contribution in [2.24, 2.45) is 0 Å². The molecule has 1 N–H and O–H groups in total. The minimum absolute atomic E-state index is 1.15. The number of nitrogens with one attached hydrogen (secondary N) is 1. The van der Waals surface area contributed by atoms with Crippen LogP contribution >= 0.6 is 0 Å². The zero-order valence-corrected chi connectivity index (χ0v) is 13.0. The molecule has 0 aliphatic carbocycles. The van der Waals surface area contributed by atoms with E-state index in [1.165, 1.54) is 27.9 Å². The molecule has 2 aromatic rings. The van der Waals surface area contributed by atoms with Crippen LogP contribution in [-0.2, 0) is 0 Å². The molecule has 0 aliphatic heterocycles. The van der Waals surface area contributed by atoms with Crippen LogP contribution in [0, 0.1) is 27.7 Å². The first-order valence-electron chi connectivity index (χ1n) is 6.98. The van der Waals surface area contributed by atoms with Crippen LogP contribution in [0.5, 0.6) is 0 Å². The molecule has 1 heteroatoms. The van der Waals surface area contributed by atoms with Gasteiger partial charge in [-0.3, -0.25) is 0 Å². The number of rotatable bonds is 2. The molecule has 2 rings (SSSR count). The summed E-state index contributed by atoms with van der Waals surface area (Å²) >= 11 is 0. The van der Waals surface area contributed by atoms with Gasteiger partial charge in [0.25, 0.3) is 0 Å². The van der Waals surface area contributed by atoms with Crippen LogP contribution in [0.25, 0.3) is 0 Å². The van der Waals surface area contributed by atoms with E-state index in [4.69, 9.17) is 0 Å². The first-order valence-corrected chi connectivity index (χ1v) is 6.98. The molecule has 0 heterocycles. The lowest BCUT2D eigenvalue weighted by Crippen LogP contribution is -1.94. The van der Waals surface area contributed by atoms with E-state index in [1.807, 2.05) is 13.8 Å². The molecular formula is C18H25N. The highest BCUT2D eigenvalue weighted by Crippen LogP contribution is 2.23. The van der Waals surface area contributed by atoms with E-state index in [9.17, 15) is 0 Å². The van der Waals surface area contributed by atoms with Gasteiger partial charge >= 0.3 is 0 Å². The van der Waals surface area contributed by atoms with E-state index in [-0.39, 0.29) is 0 Å². The van der Waals surface area contributed by atoms with Crippen molar-refractivity contribution in [2.45, 2.75) is 41.5 Å². The Balaban J connectivity index is 0.000000861. The molecule has 0 fully saturated rings. The van der Waals surface area contributed by atoms with Crippen molar-refractivity contribution in [3.8, 4) is 0 Å². The summed E-state index contributed by atoms with van der Waals surface area (Å²) in [4.78, 5) is 0. The fourth-order valence-electron chi connectivity index (χ4n) is 1.93. The molecular weight excluding hydrogens is 230 g/mol. The lowest BCUT2D eigenvalue weighted by molar-refractivity contribution is 1.32. The highest BCUT2D eigenvalue weighted by molar-refractivity contribution is 5.64. The molecule has 0 amide bonds. The highest BCUT2D eigenvalue weighted by atomic mass is 14.9. The van der Waals surface area contributed by atoms with Gasteiger partial charge in [0.15, 0.2) is 0 Å². The minimum atomic E-state index is 1.15. The van der Waals surface area contributed by atoms with Crippen molar-refractivity contribution in [3.05, 3.63) is 58.7 Å². The van der Waals surface area contributed by atoms with E-state index in [0.717, 1.165) is 5.69 Å². The van der Waals surface area contributed by atoms with Gasteiger partial charge in [-0.1, -0.05) is 37.6 Å². The molecule has 0 saturated heterocycles. The predicted molar refractivity (Wildman–Crippen MR) is 86.5 cm³/mol. The second-order valence-corrected chi connectivity index (χ2v) is 4.74. The average Bonchev–Trinajstić information content (AvgIpc) is 2.39. The summed E-state index contributed by atoms with van der Waals surface area (Å²) in [5.74, 6) is 0. The SMILES string of the molecule is CC.Cc1ccc(Nc2ccc(C)c(C)c2)c(C)c1. The largest absolute Gasteiger partial charge is 0.355 e. The fourth-order valence-corrected chi connectivity index (χ4v) is 1.93. The number of aryl methyl sites for hydroxylation is 4. The summed E-state index contributed by atoms with van der Waals surface area (Å²) in [6.07, 6.45) is 0. The van der Waals surface area contributed by atoms with Gasteiger partial charge in [0.05, 0.1) is 0 Å². The van der Waals surface area contributed by atoms with Crippen molar-refractivity contribution in [1.82, 2.24) is 0 Å². The molecule has 102 valence electrons. The molecule has 0 bridgehead atoms. The summed E-state index contributed by atoms with van der Waals surface area (Å²) in [6.45, 7) is 12.5. The summed E-state index contributed by atoms with van der Waals surface area (Å²) in [7, 11) is 0. The molecule has 1 nitrogen and oxygen atoms in total. The van der Waals surface area contributed by atoms with Crippen molar-refractivity contribution in [2.75, 3.05) is 5.32 Å². The lowest BCUT2D eigenvalue weighted by atomic mass is 10.1. The summed E-state index contributed by atoms with van der Waals surface area (Å²) in [6, 6.07) is 12.9. The number of benzene rings is 2. The van der Waals surface area contributed by atoms with Crippen LogP contribution in [-0.4, -0.2) is 0 Å². The first-order chi connectivity index (χ1) is 9.06. The molecule has 0 saturated carbocycles. The van der Waals surface area contributed by atoms with E-state index in [2.05, 4.69) is 69.4 Å². The Labute approximate surface area is 117 Å². The maximum atomic E-state index is 3.47. The Bertz CT molecular complexity index is 541.